The molecule has 1 aliphatic heterocycles. The highest BCUT2D eigenvalue weighted by Gasteiger charge is 2.16. The summed E-state index contributed by atoms with van der Waals surface area (Å²) in [5.74, 6) is 0. The molecule has 0 amide bonds. The van der Waals surface area contributed by atoms with E-state index in [9.17, 15) is 4.79 Å². The van der Waals surface area contributed by atoms with Gasteiger partial charge in [0.1, 0.15) is 0 Å². The molecule has 2 heterocycles. The van der Waals surface area contributed by atoms with Crippen LogP contribution in [0.4, 0.5) is 0 Å². The molecule has 0 radical (unpaired) electrons. The molecular weight excluding hydrogens is 242 g/mol. The van der Waals surface area contributed by atoms with Crippen LogP contribution in [0.5, 0.6) is 0 Å². The van der Waals surface area contributed by atoms with Crippen molar-refractivity contribution in [2.45, 2.75) is 39.2 Å². The van der Waals surface area contributed by atoms with Crippen molar-refractivity contribution in [1.29, 1.82) is 0 Å². The van der Waals surface area contributed by atoms with E-state index in [0.717, 1.165) is 36.7 Å². The Kier molecular flexibility index (Phi) is 2.77. The zero-order valence-corrected chi connectivity index (χ0v) is 9.93. The first-order valence-electron chi connectivity index (χ1n) is 5.15. The highest BCUT2D eigenvalue weighted by molar-refractivity contribution is 9.10. The molecule has 2 nitrogen and oxygen atoms in total. The van der Waals surface area contributed by atoms with Crippen LogP contribution in [0.2, 0.25) is 0 Å². The van der Waals surface area contributed by atoms with Crippen molar-refractivity contribution < 1.29 is 0 Å². The number of nitrogens with zero attached hydrogens (tertiary/aromatic N) is 1. The van der Waals surface area contributed by atoms with Crippen LogP contribution in [0.3, 0.4) is 0 Å². The molecule has 1 aromatic rings. The maximum absolute atomic E-state index is 11.9. The van der Waals surface area contributed by atoms with E-state index in [1.165, 1.54) is 11.3 Å². The van der Waals surface area contributed by atoms with Crippen LogP contribution in [-0.4, -0.2) is 4.57 Å². The Balaban J connectivity index is 2.55. The predicted octanol–water partition coefficient (Wildman–Crippen LogP) is 2.51. The van der Waals surface area contributed by atoms with Crippen molar-refractivity contribution in [2.24, 2.45) is 0 Å². The topological polar surface area (TPSA) is 22.0 Å². The number of pyridine rings is 1. The number of rotatable bonds is 2. The highest BCUT2D eigenvalue weighted by Crippen LogP contribution is 2.20. The average molecular weight is 256 g/mol. The molecule has 0 aromatic carbocycles. The fourth-order valence-corrected chi connectivity index (χ4v) is 2.58. The molecule has 1 aliphatic rings. The summed E-state index contributed by atoms with van der Waals surface area (Å²) < 4.78 is 2.66. The van der Waals surface area contributed by atoms with E-state index >= 15 is 0 Å². The third-order valence-corrected chi connectivity index (χ3v) is 3.58. The summed E-state index contributed by atoms with van der Waals surface area (Å²) in [4.78, 5) is 11.9. The Bertz CT molecular complexity index is 408. The summed E-state index contributed by atoms with van der Waals surface area (Å²) in [5.41, 5.74) is 2.54. The maximum atomic E-state index is 11.9. The Morgan fingerprint density at radius 2 is 2.36 bits per heavy atom. The standard InChI is InChI=1S/C11H14BrNO/c1-2-4-8-7-9-5-3-6-13(9)11(14)10(8)12/h7H,2-6H2,1H3. The molecule has 3 heteroatoms. The van der Waals surface area contributed by atoms with Crippen LogP contribution in [0.25, 0.3) is 0 Å². The fourth-order valence-electron chi connectivity index (χ4n) is 2.05. The number of aromatic nitrogens is 1. The van der Waals surface area contributed by atoms with Gasteiger partial charge in [-0.25, -0.2) is 0 Å². The lowest BCUT2D eigenvalue weighted by Crippen LogP contribution is -2.21. The molecular formula is C11H14BrNO. The van der Waals surface area contributed by atoms with Crippen molar-refractivity contribution in [2.75, 3.05) is 0 Å². The number of hydrogen-bond donors (Lipinski definition) is 0. The van der Waals surface area contributed by atoms with Crippen molar-refractivity contribution >= 4 is 15.9 Å². The van der Waals surface area contributed by atoms with Gasteiger partial charge in [0, 0.05) is 12.2 Å². The third-order valence-electron chi connectivity index (χ3n) is 2.74. The van der Waals surface area contributed by atoms with Gasteiger partial charge in [-0.2, -0.15) is 0 Å². The van der Waals surface area contributed by atoms with Crippen LogP contribution in [0.1, 0.15) is 31.0 Å². The molecule has 0 atom stereocenters. The molecule has 14 heavy (non-hydrogen) atoms. The normalized spacial score (nSPS) is 14.4. The minimum Gasteiger partial charge on any atom is -0.312 e. The summed E-state index contributed by atoms with van der Waals surface area (Å²) >= 11 is 3.40. The van der Waals surface area contributed by atoms with Crippen LogP contribution < -0.4 is 5.56 Å². The van der Waals surface area contributed by atoms with Crippen molar-refractivity contribution in [3.8, 4) is 0 Å². The minimum absolute atomic E-state index is 0.156. The maximum Gasteiger partial charge on any atom is 0.265 e. The van der Waals surface area contributed by atoms with Crippen molar-refractivity contribution in [3.05, 3.63) is 32.2 Å². The zero-order valence-electron chi connectivity index (χ0n) is 8.35. The lowest BCUT2D eigenvalue weighted by atomic mass is 10.1. The summed E-state index contributed by atoms with van der Waals surface area (Å²) in [6, 6.07) is 2.18. The monoisotopic (exact) mass is 255 g/mol. The summed E-state index contributed by atoms with van der Waals surface area (Å²) in [6.45, 7) is 3.02. The van der Waals surface area contributed by atoms with E-state index in [-0.39, 0.29) is 5.56 Å². The predicted molar refractivity (Wildman–Crippen MR) is 60.7 cm³/mol. The van der Waals surface area contributed by atoms with Crippen LogP contribution in [-0.2, 0) is 19.4 Å². The van der Waals surface area contributed by atoms with Gasteiger partial charge in [-0.3, -0.25) is 4.79 Å². The second-order valence-corrected chi connectivity index (χ2v) is 4.58. The third kappa shape index (κ3) is 1.54. The van der Waals surface area contributed by atoms with Gasteiger partial charge in [0.25, 0.3) is 5.56 Å². The van der Waals surface area contributed by atoms with Gasteiger partial charge in [0.2, 0.25) is 0 Å². The highest BCUT2D eigenvalue weighted by atomic mass is 79.9. The largest absolute Gasteiger partial charge is 0.312 e. The quantitative estimate of drug-likeness (QED) is 0.796. The number of hydrogen-bond acceptors (Lipinski definition) is 1. The number of fused-ring (bicyclic) bond motifs is 1. The minimum atomic E-state index is 0.156. The molecule has 0 unspecified atom stereocenters. The number of halogens is 1. The van der Waals surface area contributed by atoms with Crippen LogP contribution in [0, 0.1) is 0 Å². The molecule has 0 saturated heterocycles. The Morgan fingerprint density at radius 1 is 1.57 bits per heavy atom. The van der Waals surface area contributed by atoms with E-state index in [1.54, 1.807) is 0 Å². The summed E-state index contributed by atoms with van der Waals surface area (Å²) in [5, 5.41) is 0. The average Bonchev–Trinajstić information content (AvgIpc) is 2.62. The zero-order chi connectivity index (χ0) is 10.1. The molecule has 0 aliphatic carbocycles. The molecule has 0 N–H and O–H groups in total. The van der Waals surface area contributed by atoms with Gasteiger partial charge in [-0.15, -0.1) is 0 Å². The smallest absolute Gasteiger partial charge is 0.265 e. The second kappa shape index (κ2) is 3.89. The molecule has 0 bridgehead atoms. The Labute approximate surface area is 92.1 Å². The molecule has 1 aromatic heterocycles. The Hall–Kier alpha value is -0.570. The summed E-state index contributed by atoms with van der Waals surface area (Å²) in [6.07, 6.45) is 4.24. The first-order valence-corrected chi connectivity index (χ1v) is 5.94. The van der Waals surface area contributed by atoms with Gasteiger partial charge in [0.15, 0.2) is 0 Å². The molecule has 0 fully saturated rings. The van der Waals surface area contributed by atoms with Gasteiger partial charge < -0.3 is 4.57 Å². The fraction of sp³-hybridized carbons (Fsp3) is 0.545. The second-order valence-electron chi connectivity index (χ2n) is 3.79. The lowest BCUT2D eigenvalue weighted by Gasteiger charge is -2.08. The van der Waals surface area contributed by atoms with E-state index in [2.05, 4.69) is 28.9 Å². The van der Waals surface area contributed by atoms with Gasteiger partial charge in [-0.05, 0) is 46.8 Å². The first-order chi connectivity index (χ1) is 6.74. The lowest BCUT2D eigenvalue weighted by molar-refractivity contribution is 0.713. The first kappa shape index (κ1) is 9.97. The molecule has 76 valence electrons. The van der Waals surface area contributed by atoms with Gasteiger partial charge in [-0.1, -0.05) is 13.3 Å². The SMILES string of the molecule is CCCc1cc2n(c(=O)c1Br)CCC2. The molecule has 0 saturated carbocycles. The molecule has 2 rings (SSSR count). The Morgan fingerprint density at radius 3 is 3.07 bits per heavy atom. The van der Waals surface area contributed by atoms with Crippen molar-refractivity contribution in [1.82, 2.24) is 4.57 Å². The van der Waals surface area contributed by atoms with Gasteiger partial charge in [0.05, 0.1) is 4.47 Å². The van der Waals surface area contributed by atoms with E-state index < -0.39 is 0 Å². The van der Waals surface area contributed by atoms with E-state index in [1.807, 2.05) is 4.57 Å². The molecule has 0 spiro atoms. The van der Waals surface area contributed by atoms with Crippen LogP contribution >= 0.6 is 15.9 Å². The van der Waals surface area contributed by atoms with Crippen LogP contribution in [0.15, 0.2) is 15.3 Å². The van der Waals surface area contributed by atoms with E-state index in [4.69, 9.17) is 0 Å². The van der Waals surface area contributed by atoms with Crippen molar-refractivity contribution in [3.63, 3.8) is 0 Å². The van der Waals surface area contributed by atoms with E-state index in [0.29, 0.717) is 0 Å². The van der Waals surface area contributed by atoms with Gasteiger partial charge >= 0.3 is 0 Å². The number of aryl methyl sites for hydroxylation is 2. The summed E-state index contributed by atoms with van der Waals surface area (Å²) in [7, 11) is 0.